The molecule has 0 saturated carbocycles. The van der Waals surface area contributed by atoms with Crippen LogP contribution in [-0.2, 0) is 4.79 Å². The predicted octanol–water partition coefficient (Wildman–Crippen LogP) is 0.0448. The molecule has 3 N–H and O–H groups in total. The van der Waals surface area contributed by atoms with Crippen molar-refractivity contribution in [3.8, 4) is 0 Å². The van der Waals surface area contributed by atoms with Crippen molar-refractivity contribution >= 4 is 5.78 Å². The average Bonchev–Trinajstić information content (AvgIpc) is 2.13. The molecule has 0 aromatic heterocycles. The molecule has 0 spiro atoms. The van der Waals surface area contributed by atoms with Crippen LogP contribution in [0.2, 0.25) is 0 Å². The summed E-state index contributed by atoms with van der Waals surface area (Å²) >= 11 is 0. The summed E-state index contributed by atoms with van der Waals surface area (Å²) in [7, 11) is 0. The normalized spacial score (nSPS) is 32.9. The van der Waals surface area contributed by atoms with E-state index in [0.29, 0.717) is 0 Å². The molecular weight excluding hydrogens is 140 g/mol. The number of hydrogen-bond acceptors (Lipinski definition) is 3. The maximum atomic E-state index is 11.0. The van der Waals surface area contributed by atoms with Crippen molar-refractivity contribution in [2.24, 2.45) is 5.73 Å². The number of nitrogens with one attached hydrogen (secondary N) is 1. The third kappa shape index (κ3) is 2.27. The number of rotatable bonds is 1. The van der Waals surface area contributed by atoms with Crippen LogP contribution in [-0.4, -0.2) is 24.4 Å². The highest BCUT2D eigenvalue weighted by atomic mass is 16.1. The molecule has 0 aromatic carbocycles. The van der Waals surface area contributed by atoms with E-state index in [2.05, 4.69) is 5.32 Å². The monoisotopic (exact) mass is 156 g/mol. The van der Waals surface area contributed by atoms with Crippen molar-refractivity contribution in [1.82, 2.24) is 5.32 Å². The van der Waals surface area contributed by atoms with Crippen molar-refractivity contribution in [3.63, 3.8) is 0 Å². The van der Waals surface area contributed by atoms with Gasteiger partial charge in [-0.1, -0.05) is 6.42 Å². The van der Waals surface area contributed by atoms with Crippen molar-refractivity contribution in [3.05, 3.63) is 0 Å². The van der Waals surface area contributed by atoms with Gasteiger partial charge in [0.05, 0.1) is 6.04 Å². The van der Waals surface area contributed by atoms with Crippen LogP contribution in [0.15, 0.2) is 0 Å². The molecule has 1 aliphatic heterocycles. The average molecular weight is 156 g/mol. The largest absolute Gasteiger partial charge is 0.326 e. The topological polar surface area (TPSA) is 55.1 Å². The molecule has 3 heteroatoms. The molecule has 3 nitrogen and oxygen atoms in total. The van der Waals surface area contributed by atoms with Crippen LogP contribution in [0.5, 0.6) is 0 Å². The van der Waals surface area contributed by atoms with E-state index in [1.54, 1.807) is 6.92 Å². The predicted molar refractivity (Wildman–Crippen MR) is 44.3 cm³/mol. The van der Waals surface area contributed by atoms with Gasteiger partial charge in [-0.2, -0.15) is 0 Å². The Hall–Kier alpha value is -0.410. The van der Waals surface area contributed by atoms with Crippen LogP contribution in [0.1, 0.15) is 26.2 Å². The summed E-state index contributed by atoms with van der Waals surface area (Å²) in [6.45, 7) is 2.53. The summed E-state index contributed by atoms with van der Waals surface area (Å²) in [5.41, 5.74) is 5.80. The first-order valence-electron chi connectivity index (χ1n) is 4.21. The molecule has 0 bridgehead atoms. The molecule has 64 valence electrons. The second-order valence-electron chi connectivity index (χ2n) is 3.20. The maximum Gasteiger partial charge on any atom is 0.148 e. The Labute approximate surface area is 67.3 Å². The minimum Gasteiger partial charge on any atom is -0.326 e. The van der Waals surface area contributed by atoms with Gasteiger partial charge in [-0.3, -0.25) is 4.79 Å². The fraction of sp³-hybridized carbons (Fsp3) is 0.875. The summed E-state index contributed by atoms with van der Waals surface area (Å²) in [4.78, 5) is 11.0. The standard InChI is InChI=1S/C8H16N2O/c1-6(11)8-7(9)4-2-3-5-10-8/h7-8,10H,2-5,9H2,1H3/t7-,8+/m1/s1. The Morgan fingerprint density at radius 1 is 1.55 bits per heavy atom. The van der Waals surface area contributed by atoms with Gasteiger partial charge in [-0.05, 0) is 26.3 Å². The van der Waals surface area contributed by atoms with Crippen molar-refractivity contribution in [2.75, 3.05) is 6.54 Å². The van der Waals surface area contributed by atoms with E-state index in [4.69, 9.17) is 5.73 Å². The maximum absolute atomic E-state index is 11.0. The lowest BCUT2D eigenvalue weighted by atomic mass is 10.0. The third-order valence-electron chi connectivity index (χ3n) is 2.19. The summed E-state index contributed by atoms with van der Waals surface area (Å²) in [5, 5.41) is 3.16. The minimum absolute atomic E-state index is 0.0231. The van der Waals surface area contributed by atoms with Crippen molar-refractivity contribution < 1.29 is 4.79 Å². The second-order valence-corrected chi connectivity index (χ2v) is 3.20. The molecule has 1 fully saturated rings. The fourth-order valence-electron chi connectivity index (χ4n) is 1.53. The number of nitrogens with two attached hydrogens (primary N) is 1. The zero-order valence-electron chi connectivity index (χ0n) is 6.97. The molecule has 11 heavy (non-hydrogen) atoms. The molecular formula is C8H16N2O. The molecule has 1 heterocycles. The van der Waals surface area contributed by atoms with Gasteiger partial charge in [0.15, 0.2) is 0 Å². The van der Waals surface area contributed by atoms with E-state index < -0.39 is 0 Å². The van der Waals surface area contributed by atoms with Crippen LogP contribution in [0.4, 0.5) is 0 Å². The van der Waals surface area contributed by atoms with E-state index in [9.17, 15) is 4.79 Å². The molecule has 0 aromatic rings. The molecule has 0 amide bonds. The van der Waals surface area contributed by atoms with E-state index in [1.807, 2.05) is 0 Å². The molecule has 1 saturated heterocycles. The zero-order chi connectivity index (χ0) is 8.27. The lowest BCUT2D eigenvalue weighted by Crippen LogP contribution is -2.48. The number of carbonyl (C=O) groups is 1. The number of Topliss-reactive ketones (excluding diaryl/α,β-unsaturated/α-hetero) is 1. The van der Waals surface area contributed by atoms with Crippen LogP contribution >= 0.6 is 0 Å². The molecule has 0 aliphatic carbocycles. The van der Waals surface area contributed by atoms with Gasteiger partial charge in [0.2, 0.25) is 0 Å². The van der Waals surface area contributed by atoms with E-state index in [1.165, 1.54) is 0 Å². The van der Waals surface area contributed by atoms with Gasteiger partial charge in [0.1, 0.15) is 5.78 Å². The van der Waals surface area contributed by atoms with E-state index in [0.717, 1.165) is 25.8 Å². The number of ketones is 1. The Kier molecular flexibility index (Phi) is 3.02. The van der Waals surface area contributed by atoms with Crippen LogP contribution in [0.25, 0.3) is 0 Å². The molecule has 1 rings (SSSR count). The highest BCUT2D eigenvalue weighted by molar-refractivity contribution is 5.82. The van der Waals surface area contributed by atoms with Crippen LogP contribution < -0.4 is 11.1 Å². The third-order valence-corrected chi connectivity index (χ3v) is 2.19. The van der Waals surface area contributed by atoms with E-state index >= 15 is 0 Å². The van der Waals surface area contributed by atoms with Crippen LogP contribution in [0, 0.1) is 0 Å². The molecule has 0 radical (unpaired) electrons. The second kappa shape index (κ2) is 3.83. The SMILES string of the molecule is CC(=O)[C@@H]1NCCCC[C@H]1N. The smallest absolute Gasteiger partial charge is 0.148 e. The molecule has 1 aliphatic rings. The Bertz CT molecular complexity index is 147. The zero-order valence-corrected chi connectivity index (χ0v) is 6.97. The first-order chi connectivity index (χ1) is 5.22. The summed E-state index contributed by atoms with van der Waals surface area (Å²) in [6, 6.07) is -0.0764. The van der Waals surface area contributed by atoms with Crippen molar-refractivity contribution in [2.45, 2.75) is 38.3 Å². The quantitative estimate of drug-likeness (QED) is 0.564. The first-order valence-corrected chi connectivity index (χ1v) is 4.21. The molecule has 0 unspecified atom stereocenters. The highest BCUT2D eigenvalue weighted by Gasteiger charge is 2.22. The van der Waals surface area contributed by atoms with Crippen LogP contribution in [0.3, 0.4) is 0 Å². The van der Waals surface area contributed by atoms with Gasteiger partial charge in [0, 0.05) is 6.04 Å². The summed E-state index contributed by atoms with van der Waals surface area (Å²) in [5.74, 6) is 0.166. The number of carbonyl (C=O) groups excluding carboxylic acids is 1. The summed E-state index contributed by atoms with van der Waals surface area (Å²) in [6.07, 6.45) is 3.24. The van der Waals surface area contributed by atoms with Gasteiger partial charge in [-0.25, -0.2) is 0 Å². The van der Waals surface area contributed by atoms with E-state index in [-0.39, 0.29) is 17.9 Å². The first kappa shape index (κ1) is 8.68. The minimum atomic E-state index is -0.0995. The fourth-order valence-corrected chi connectivity index (χ4v) is 1.53. The molecule has 2 atom stereocenters. The Morgan fingerprint density at radius 2 is 2.27 bits per heavy atom. The van der Waals surface area contributed by atoms with Gasteiger partial charge < -0.3 is 11.1 Å². The lowest BCUT2D eigenvalue weighted by Gasteiger charge is -2.18. The van der Waals surface area contributed by atoms with Crippen molar-refractivity contribution in [1.29, 1.82) is 0 Å². The lowest BCUT2D eigenvalue weighted by molar-refractivity contribution is -0.119. The van der Waals surface area contributed by atoms with Gasteiger partial charge in [-0.15, -0.1) is 0 Å². The Morgan fingerprint density at radius 3 is 2.91 bits per heavy atom. The highest BCUT2D eigenvalue weighted by Crippen LogP contribution is 2.07. The van der Waals surface area contributed by atoms with Gasteiger partial charge >= 0.3 is 0 Å². The summed E-state index contributed by atoms with van der Waals surface area (Å²) < 4.78 is 0. The number of hydrogen-bond donors (Lipinski definition) is 2. The Balaban J connectivity index is 2.52. The van der Waals surface area contributed by atoms with Gasteiger partial charge in [0.25, 0.3) is 0 Å².